The van der Waals surface area contributed by atoms with Crippen LogP contribution in [0.3, 0.4) is 0 Å². The van der Waals surface area contributed by atoms with Crippen LogP contribution in [0.1, 0.15) is 26.2 Å². The molecule has 2 amide bonds. The molecule has 0 heterocycles. The number of halogens is 1. The van der Waals surface area contributed by atoms with Gasteiger partial charge >= 0.3 is 0 Å². The third kappa shape index (κ3) is 11.3. The summed E-state index contributed by atoms with van der Waals surface area (Å²) in [6, 6.07) is 0. The van der Waals surface area contributed by atoms with Gasteiger partial charge in [-0.05, 0) is 26.4 Å². The lowest BCUT2D eigenvalue weighted by atomic mass is 10.3. The molecule has 0 aromatic carbocycles. The minimum Gasteiger partial charge on any atom is -0.355 e. The summed E-state index contributed by atoms with van der Waals surface area (Å²) in [5.41, 5.74) is 0. The van der Waals surface area contributed by atoms with Crippen LogP contribution in [0, 0.1) is 0 Å². The van der Waals surface area contributed by atoms with Crippen LogP contribution < -0.4 is 16.0 Å². The minimum atomic E-state index is -0.126. The molecular weight excluding hydrogens is 230 g/mol. The first-order valence-electron chi connectivity index (χ1n) is 5.38. The van der Waals surface area contributed by atoms with Gasteiger partial charge in [-0.1, -0.05) is 6.92 Å². The van der Waals surface area contributed by atoms with Crippen molar-refractivity contribution in [3.05, 3.63) is 0 Å². The van der Waals surface area contributed by atoms with Gasteiger partial charge in [-0.2, -0.15) is 0 Å². The lowest BCUT2D eigenvalue weighted by Gasteiger charge is -2.05. The predicted molar refractivity (Wildman–Crippen MR) is 66.7 cm³/mol. The Hall–Kier alpha value is -0.810. The second kappa shape index (κ2) is 12.3. The molecule has 0 saturated carbocycles. The van der Waals surface area contributed by atoms with E-state index in [1.165, 1.54) is 0 Å². The molecule has 96 valence electrons. The van der Waals surface area contributed by atoms with Gasteiger partial charge in [-0.25, -0.2) is 0 Å². The van der Waals surface area contributed by atoms with E-state index in [1.54, 1.807) is 0 Å². The zero-order valence-corrected chi connectivity index (χ0v) is 10.8. The zero-order chi connectivity index (χ0) is 11.5. The quantitative estimate of drug-likeness (QED) is 0.534. The van der Waals surface area contributed by atoms with Crippen molar-refractivity contribution in [2.45, 2.75) is 26.2 Å². The average Bonchev–Trinajstić information content (AvgIpc) is 2.24. The van der Waals surface area contributed by atoms with Crippen LogP contribution in [0.15, 0.2) is 0 Å². The molecule has 0 aliphatic heterocycles. The van der Waals surface area contributed by atoms with E-state index in [2.05, 4.69) is 16.0 Å². The summed E-state index contributed by atoms with van der Waals surface area (Å²) in [5, 5.41) is 8.22. The van der Waals surface area contributed by atoms with Gasteiger partial charge in [0, 0.05) is 13.0 Å². The largest absolute Gasteiger partial charge is 0.355 e. The number of amides is 2. The highest BCUT2D eigenvalue weighted by Crippen LogP contribution is 1.85. The summed E-state index contributed by atoms with van der Waals surface area (Å²) < 4.78 is 0. The maximum Gasteiger partial charge on any atom is 0.239 e. The molecule has 0 bridgehead atoms. The van der Waals surface area contributed by atoms with Crippen molar-refractivity contribution in [2.75, 3.05) is 26.7 Å². The lowest BCUT2D eigenvalue weighted by molar-refractivity contribution is -0.126. The molecule has 0 fully saturated rings. The molecule has 16 heavy (non-hydrogen) atoms. The molecule has 0 aromatic rings. The third-order valence-electron chi connectivity index (χ3n) is 1.85. The van der Waals surface area contributed by atoms with Crippen LogP contribution in [0.5, 0.6) is 0 Å². The maximum absolute atomic E-state index is 11.2. The standard InChI is InChI=1S/C10H21N3O2.ClH/c1-3-6-12-10(15)8-13-9(14)5-4-7-11-2;/h11H,3-8H2,1-2H3,(H,12,15)(H,13,14);1H. The Kier molecular flexibility index (Phi) is 13.5. The van der Waals surface area contributed by atoms with Crippen molar-refractivity contribution in [3.63, 3.8) is 0 Å². The highest BCUT2D eigenvalue weighted by atomic mass is 35.5. The minimum absolute atomic E-state index is 0. The van der Waals surface area contributed by atoms with Crippen LogP contribution in [0.2, 0.25) is 0 Å². The molecule has 0 aromatic heterocycles. The van der Waals surface area contributed by atoms with Crippen molar-refractivity contribution in [3.8, 4) is 0 Å². The molecule has 0 saturated heterocycles. The molecule has 6 heteroatoms. The Morgan fingerprint density at radius 2 is 1.75 bits per heavy atom. The Balaban J connectivity index is 0. The molecule has 0 spiro atoms. The molecule has 0 atom stereocenters. The van der Waals surface area contributed by atoms with E-state index in [0.29, 0.717) is 13.0 Å². The third-order valence-corrected chi connectivity index (χ3v) is 1.85. The summed E-state index contributed by atoms with van der Waals surface area (Å²) in [7, 11) is 1.84. The summed E-state index contributed by atoms with van der Waals surface area (Å²) in [6.07, 6.45) is 2.16. The van der Waals surface area contributed by atoms with E-state index in [4.69, 9.17) is 0 Å². The van der Waals surface area contributed by atoms with Crippen molar-refractivity contribution >= 4 is 24.2 Å². The molecule has 0 aliphatic carbocycles. The number of carbonyl (C=O) groups is 2. The predicted octanol–water partition coefficient (Wildman–Crippen LogP) is 0.0502. The molecule has 0 aliphatic rings. The van der Waals surface area contributed by atoms with Crippen LogP contribution in [-0.4, -0.2) is 38.5 Å². The van der Waals surface area contributed by atoms with Gasteiger partial charge in [-0.15, -0.1) is 12.4 Å². The van der Waals surface area contributed by atoms with Gasteiger partial charge in [0.15, 0.2) is 0 Å². The number of nitrogens with one attached hydrogen (secondary N) is 3. The van der Waals surface area contributed by atoms with Crippen molar-refractivity contribution in [1.82, 2.24) is 16.0 Å². The second-order valence-electron chi connectivity index (χ2n) is 3.33. The van der Waals surface area contributed by atoms with Gasteiger partial charge in [0.25, 0.3) is 0 Å². The van der Waals surface area contributed by atoms with E-state index in [0.717, 1.165) is 19.4 Å². The van der Waals surface area contributed by atoms with Crippen molar-refractivity contribution in [1.29, 1.82) is 0 Å². The summed E-state index contributed by atoms with van der Waals surface area (Å²) in [5.74, 6) is -0.198. The van der Waals surface area contributed by atoms with E-state index in [-0.39, 0.29) is 30.8 Å². The Bertz CT molecular complexity index is 201. The number of hydrogen-bond donors (Lipinski definition) is 3. The topological polar surface area (TPSA) is 70.2 Å². The number of hydrogen-bond acceptors (Lipinski definition) is 3. The van der Waals surface area contributed by atoms with Crippen LogP contribution >= 0.6 is 12.4 Å². The smallest absolute Gasteiger partial charge is 0.239 e. The highest BCUT2D eigenvalue weighted by Gasteiger charge is 2.03. The molecule has 5 nitrogen and oxygen atoms in total. The normalized spacial score (nSPS) is 9.12. The van der Waals surface area contributed by atoms with E-state index in [9.17, 15) is 9.59 Å². The second-order valence-corrected chi connectivity index (χ2v) is 3.33. The highest BCUT2D eigenvalue weighted by molar-refractivity contribution is 5.85. The summed E-state index contributed by atoms with van der Waals surface area (Å²) in [6.45, 7) is 3.54. The zero-order valence-electron chi connectivity index (χ0n) is 9.97. The summed E-state index contributed by atoms with van der Waals surface area (Å²) >= 11 is 0. The average molecular weight is 252 g/mol. The SMILES string of the molecule is CCCNC(=O)CNC(=O)CCCNC.Cl. The molecule has 0 radical (unpaired) electrons. The van der Waals surface area contributed by atoms with Gasteiger partial charge < -0.3 is 16.0 Å². The first-order valence-corrected chi connectivity index (χ1v) is 5.38. The van der Waals surface area contributed by atoms with Gasteiger partial charge in [-0.3, -0.25) is 9.59 Å². The van der Waals surface area contributed by atoms with E-state index < -0.39 is 0 Å². The van der Waals surface area contributed by atoms with Crippen LogP contribution in [0.4, 0.5) is 0 Å². The van der Waals surface area contributed by atoms with Crippen molar-refractivity contribution < 1.29 is 9.59 Å². The fourth-order valence-electron chi connectivity index (χ4n) is 1.02. The molecule has 0 unspecified atom stereocenters. The molecule has 3 N–H and O–H groups in total. The lowest BCUT2D eigenvalue weighted by Crippen LogP contribution is -2.37. The van der Waals surface area contributed by atoms with Crippen LogP contribution in [-0.2, 0) is 9.59 Å². The maximum atomic E-state index is 11.2. The van der Waals surface area contributed by atoms with Gasteiger partial charge in [0.05, 0.1) is 6.54 Å². The van der Waals surface area contributed by atoms with Gasteiger partial charge in [0.1, 0.15) is 0 Å². The fourth-order valence-corrected chi connectivity index (χ4v) is 1.02. The Morgan fingerprint density at radius 3 is 2.31 bits per heavy atom. The number of rotatable bonds is 8. The number of carbonyl (C=O) groups excluding carboxylic acids is 2. The van der Waals surface area contributed by atoms with E-state index >= 15 is 0 Å². The van der Waals surface area contributed by atoms with Crippen molar-refractivity contribution in [2.24, 2.45) is 0 Å². The molecular formula is C10H22ClN3O2. The van der Waals surface area contributed by atoms with Crippen LogP contribution in [0.25, 0.3) is 0 Å². The fraction of sp³-hybridized carbons (Fsp3) is 0.800. The first-order chi connectivity index (χ1) is 7.20. The Morgan fingerprint density at radius 1 is 1.06 bits per heavy atom. The summed E-state index contributed by atoms with van der Waals surface area (Å²) in [4.78, 5) is 22.3. The first kappa shape index (κ1) is 17.6. The van der Waals surface area contributed by atoms with E-state index in [1.807, 2.05) is 14.0 Å². The van der Waals surface area contributed by atoms with Gasteiger partial charge in [0.2, 0.25) is 11.8 Å². The monoisotopic (exact) mass is 251 g/mol. The molecule has 0 rings (SSSR count). The Labute approximate surface area is 103 Å².